The van der Waals surface area contributed by atoms with Crippen molar-refractivity contribution in [2.24, 2.45) is 0 Å². The Morgan fingerprint density at radius 3 is 2.66 bits per heavy atom. The molecule has 6 nitrogen and oxygen atoms in total. The molecule has 0 aliphatic carbocycles. The molecule has 1 fully saturated rings. The fourth-order valence-corrected chi connectivity index (χ4v) is 4.33. The second-order valence-corrected chi connectivity index (χ2v) is 8.09. The van der Waals surface area contributed by atoms with Gasteiger partial charge in [0, 0.05) is 44.2 Å². The van der Waals surface area contributed by atoms with Gasteiger partial charge in [0.2, 0.25) is 6.79 Å². The van der Waals surface area contributed by atoms with Crippen LogP contribution < -0.4 is 14.2 Å². The van der Waals surface area contributed by atoms with E-state index in [1.165, 1.54) is 5.56 Å². The van der Waals surface area contributed by atoms with Crippen LogP contribution in [0.2, 0.25) is 0 Å². The van der Waals surface area contributed by atoms with Gasteiger partial charge in [-0.05, 0) is 30.7 Å². The lowest BCUT2D eigenvalue weighted by molar-refractivity contribution is 0.0623. The lowest BCUT2D eigenvalue weighted by atomic mass is 9.96. The molecule has 2 atom stereocenters. The number of carbonyl (C=O) groups is 1. The van der Waals surface area contributed by atoms with Crippen LogP contribution in [0.15, 0.2) is 36.4 Å². The van der Waals surface area contributed by atoms with Gasteiger partial charge >= 0.3 is 0 Å². The number of nitrogens with zero attached hydrogens (tertiary/aromatic N) is 2. The molecule has 0 saturated carbocycles. The summed E-state index contributed by atoms with van der Waals surface area (Å²) >= 11 is 0. The predicted octanol–water partition coefficient (Wildman–Crippen LogP) is 3.26. The molecule has 1 amide bonds. The zero-order valence-corrected chi connectivity index (χ0v) is 16.9. The van der Waals surface area contributed by atoms with Crippen LogP contribution in [0, 0.1) is 0 Å². The minimum Gasteiger partial charge on any atom is -0.489 e. The van der Waals surface area contributed by atoms with Gasteiger partial charge < -0.3 is 19.1 Å². The van der Waals surface area contributed by atoms with Gasteiger partial charge in [-0.25, -0.2) is 0 Å². The van der Waals surface area contributed by atoms with E-state index in [1.807, 2.05) is 29.2 Å². The molecular weight excluding hydrogens is 368 g/mol. The average molecular weight is 394 g/mol. The van der Waals surface area contributed by atoms with Gasteiger partial charge in [0.05, 0.1) is 5.56 Å². The zero-order valence-electron chi connectivity index (χ0n) is 16.9. The van der Waals surface area contributed by atoms with Crippen molar-refractivity contribution in [2.45, 2.75) is 32.4 Å². The first-order valence-electron chi connectivity index (χ1n) is 10.3. The molecule has 0 N–H and O–H groups in total. The summed E-state index contributed by atoms with van der Waals surface area (Å²) in [6.07, 6.45) is 0.109. The van der Waals surface area contributed by atoms with Crippen molar-refractivity contribution in [3.8, 4) is 17.2 Å². The average Bonchev–Trinajstić information content (AvgIpc) is 3.32. The molecule has 0 radical (unpaired) electrons. The number of carbonyl (C=O) groups excluding carboxylic acids is 1. The highest BCUT2D eigenvalue weighted by Gasteiger charge is 2.33. The van der Waals surface area contributed by atoms with Crippen molar-refractivity contribution in [1.29, 1.82) is 0 Å². The van der Waals surface area contributed by atoms with E-state index in [0.717, 1.165) is 55.5 Å². The van der Waals surface area contributed by atoms with E-state index in [-0.39, 0.29) is 12.0 Å². The van der Waals surface area contributed by atoms with Gasteiger partial charge in [-0.3, -0.25) is 9.69 Å². The molecule has 1 saturated heterocycles. The van der Waals surface area contributed by atoms with Crippen molar-refractivity contribution in [3.63, 3.8) is 0 Å². The molecule has 5 rings (SSSR count). The monoisotopic (exact) mass is 394 g/mol. The number of hydrogen-bond acceptors (Lipinski definition) is 5. The number of amides is 1. The van der Waals surface area contributed by atoms with Crippen molar-refractivity contribution in [3.05, 3.63) is 53.1 Å². The van der Waals surface area contributed by atoms with Gasteiger partial charge in [-0.1, -0.05) is 25.1 Å². The first-order chi connectivity index (χ1) is 14.1. The number of para-hydroxylation sites is 1. The SMILES string of the molecule is C[C@H]1Oc2c(C(=O)N3CCN(Cc4ccc5c(c4)OCO5)CC3)cccc2[C@@H]1C. The van der Waals surface area contributed by atoms with E-state index >= 15 is 0 Å². The minimum absolute atomic E-state index is 0.0749. The fraction of sp³-hybridized carbons (Fsp3) is 0.435. The molecule has 3 aliphatic heterocycles. The highest BCUT2D eigenvalue weighted by atomic mass is 16.7. The first kappa shape index (κ1) is 18.3. The van der Waals surface area contributed by atoms with E-state index in [1.54, 1.807) is 0 Å². The Bertz CT molecular complexity index is 936. The maximum Gasteiger partial charge on any atom is 0.257 e. The van der Waals surface area contributed by atoms with Gasteiger partial charge in [0.1, 0.15) is 11.9 Å². The summed E-state index contributed by atoms with van der Waals surface area (Å²) in [7, 11) is 0. The summed E-state index contributed by atoms with van der Waals surface area (Å²) in [6.45, 7) is 8.50. The molecule has 0 aromatic heterocycles. The Kier molecular flexibility index (Phi) is 4.59. The first-order valence-corrected chi connectivity index (χ1v) is 10.3. The molecule has 3 aliphatic rings. The quantitative estimate of drug-likeness (QED) is 0.800. The minimum atomic E-state index is 0.0749. The Balaban J connectivity index is 1.23. The number of benzene rings is 2. The highest BCUT2D eigenvalue weighted by Crippen LogP contribution is 2.40. The summed E-state index contributed by atoms with van der Waals surface area (Å²) in [5.74, 6) is 2.80. The molecule has 0 spiro atoms. The van der Waals surface area contributed by atoms with Crippen molar-refractivity contribution >= 4 is 5.91 Å². The number of fused-ring (bicyclic) bond motifs is 2. The van der Waals surface area contributed by atoms with Crippen LogP contribution in [0.4, 0.5) is 0 Å². The van der Waals surface area contributed by atoms with Gasteiger partial charge in [0.15, 0.2) is 11.5 Å². The Morgan fingerprint density at radius 2 is 1.83 bits per heavy atom. The zero-order chi connectivity index (χ0) is 20.0. The van der Waals surface area contributed by atoms with Crippen LogP contribution in [0.5, 0.6) is 17.2 Å². The van der Waals surface area contributed by atoms with E-state index in [2.05, 4.69) is 30.9 Å². The topological polar surface area (TPSA) is 51.2 Å². The molecular formula is C23H26N2O4. The molecule has 152 valence electrons. The van der Waals surface area contributed by atoms with Gasteiger partial charge in [-0.15, -0.1) is 0 Å². The van der Waals surface area contributed by atoms with Crippen molar-refractivity contribution in [1.82, 2.24) is 9.80 Å². The third-order valence-corrected chi connectivity index (χ3v) is 6.28. The molecule has 29 heavy (non-hydrogen) atoms. The standard InChI is InChI=1S/C23H26N2O4/c1-15-16(2)29-22-18(15)4-3-5-19(22)23(26)25-10-8-24(9-11-25)13-17-6-7-20-21(12-17)28-14-27-20/h3-7,12,15-16H,8-11,13-14H2,1-2H3/t15-,16-/m1/s1. The molecule has 3 heterocycles. The lowest BCUT2D eigenvalue weighted by Crippen LogP contribution is -2.48. The Morgan fingerprint density at radius 1 is 1.03 bits per heavy atom. The third-order valence-electron chi connectivity index (χ3n) is 6.28. The molecule has 0 unspecified atom stereocenters. The molecule has 0 bridgehead atoms. The highest BCUT2D eigenvalue weighted by molar-refractivity contribution is 5.97. The molecule has 2 aromatic carbocycles. The van der Waals surface area contributed by atoms with Crippen LogP contribution in [0.3, 0.4) is 0 Å². The van der Waals surface area contributed by atoms with Crippen LogP contribution in [0.25, 0.3) is 0 Å². The third kappa shape index (κ3) is 3.31. The molecule has 6 heteroatoms. The number of piperazine rings is 1. The molecule has 2 aromatic rings. The second-order valence-electron chi connectivity index (χ2n) is 8.09. The summed E-state index contributed by atoms with van der Waals surface area (Å²) in [5, 5.41) is 0. The Labute approximate surface area is 171 Å². The van der Waals surface area contributed by atoms with Crippen molar-refractivity contribution < 1.29 is 19.0 Å². The smallest absolute Gasteiger partial charge is 0.257 e. The number of hydrogen-bond donors (Lipinski definition) is 0. The van der Waals surface area contributed by atoms with Crippen molar-refractivity contribution in [2.75, 3.05) is 33.0 Å². The summed E-state index contributed by atoms with van der Waals surface area (Å²) < 4.78 is 16.9. The maximum absolute atomic E-state index is 13.2. The number of ether oxygens (including phenoxy) is 3. The van der Waals surface area contributed by atoms with Gasteiger partial charge in [0.25, 0.3) is 5.91 Å². The van der Waals surface area contributed by atoms with E-state index in [0.29, 0.717) is 18.3 Å². The summed E-state index contributed by atoms with van der Waals surface area (Å²) in [4.78, 5) is 17.5. The van der Waals surface area contributed by atoms with Crippen LogP contribution in [-0.2, 0) is 6.54 Å². The van der Waals surface area contributed by atoms with Crippen LogP contribution >= 0.6 is 0 Å². The normalized spacial score (nSPS) is 23.0. The summed E-state index contributed by atoms with van der Waals surface area (Å²) in [5.41, 5.74) is 3.04. The largest absolute Gasteiger partial charge is 0.489 e. The van der Waals surface area contributed by atoms with Gasteiger partial charge in [-0.2, -0.15) is 0 Å². The predicted molar refractivity (Wildman–Crippen MR) is 109 cm³/mol. The van der Waals surface area contributed by atoms with E-state index in [4.69, 9.17) is 14.2 Å². The number of rotatable bonds is 3. The maximum atomic E-state index is 13.2. The fourth-order valence-electron chi connectivity index (χ4n) is 4.33. The lowest BCUT2D eigenvalue weighted by Gasteiger charge is -2.35. The Hall–Kier alpha value is -2.73. The second kappa shape index (κ2) is 7.26. The van der Waals surface area contributed by atoms with E-state index < -0.39 is 0 Å². The van der Waals surface area contributed by atoms with E-state index in [9.17, 15) is 4.79 Å². The van der Waals surface area contributed by atoms with Crippen LogP contribution in [-0.4, -0.2) is 54.8 Å². The van der Waals surface area contributed by atoms with Crippen LogP contribution in [0.1, 0.15) is 41.3 Å². The summed E-state index contributed by atoms with van der Waals surface area (Å²) in [6, 6.07) is 12.0.